The smallest absolute Gasteiger partial charge is 0.178 e. The van der Waals surface area contributed by atoms with Crippen LogP contribution >= 0.6 is 0 Å². The molecular formula is C16H25N5O. The van der Waals surface area contributed by atoms with Crippen molar-refractivity contribution in [1.29, 1.82) is 0 Å². The number of anilines is 1. The maximum atomic E-state index is 10.4. The summed E-state index contributed by atoms with van der Waals surface area (Å²) in [5.74, 6) is 2.80. The molecule has 1 fully saturated rings. The Bertz CT molecular complexity index is 645. The van der Waals surface area contributed by atoms with Crippen molar-refractivity contribution < 1.29 is 5.11 Å². The van der Waals surface area contributed by atoms with E-state index in [1.165, 1.54) is 12.8 Å². The Labute approximate surface area is 130 Å². The third-order valence-electron chi connectivity index (χ3n) is 4.14. The van der Waals surface area contributed by atoms with Gasteiger partial charge in [-0.3, -0.25) is 0 Å². The van der Waals surface area contributed by atoms with Crippen LogP contribution in [0.15, 0.2) is 12.1 Å². The molecular weight excluding hydrogens is 278 g/mol. The van der Waals surface area contributed by atoms with Gasteiger partial charge in [0, 0.05) is 12.5 Å². The minimum atomic E-state index is -0.729. The van der Waals surface area contributed by atoms with Crippen LogP contribution < -0.4 is 5.32 Å². The molecule has 120 valence electrons. The van der Waals surface area contributed by atoms with Gasteiger partial charge in [-0.05, 0) is 50.7 Å². The zero-order chi connectivity index (χ0) is 15.7. The van der Waals surface area contributed by atoms with Gasteiger partial charge in [0.25, 0.3) is 0 Å². The molecule has 6 heteroatoms. The summed E-state index contributed by atoms with van der Waals surface area (Å²) in [6.45, 7) is 6.70. The number of hydrogen-bond donors (Lipinski definition) is 2. The normalized spacial score (nSPS) is 17.9. The first-order valence-electron chi connectivity index (χ1n) is 8.13. The quantitative estimate of drug-likeness (QED) is 0.822. The number of hydrogen-bond acceptors (Lipinski definition) is 5. The van der Waals surface area contributed by atoms with E-state index in [0.717, 1.165) is 30.1 Å². The molecule has 1 unspecified atom stereocenters. The zero-order valence-electron chi connectivity index (χ0n) is 13.6. The molecule has 2 aromatic rings. The van der Waals surface area contributed by atoms with Crippen LogP contribution in [-0.2, 0) is 0 Å². The maximum absolute atomic E-state index is 10.4. The second-order valence-electron chi connectivity index (χ2n) is 7.10. The minimum absolute atomic E-state index is 0.485. The van der Waals surface area contributed by atoms with Gasteiger partial charge in [-0.2, -0.15) is 4.52 Å². The van der Waals surface area contributed by atoms with Crippen molar-refractivity contribution in [2.45, 2.75) is 58.0 Å². The molecule has 1 saturated carbocycles. The highest BCUT2D eigenvalue weighted by molar-refractivity contribution is 5.44. The molecule has 3 rings (SSSR count). The summed E-state index contributed by atoms with van der Waals surface area (Å²) in [5.41, 5.74) is 0.0481. The molecule has 0 amide bonds. The van der Waals surface area contributed by atoms with Gasteiger partial charge in [0.15, 0.2) is 11.5 Å². The molecule has 2 aromatic heterocycles. The lowest BCUT2D eigenvalue weighted by molar-refractivity contribution is 0.0585. The van der Waals surface area contributed by atoms with E-state index in [9.17, 15) is 5.11 Å². The lowest BCUT2D eigenvalue weighted by Crippen LogP contribution is -2.34. The number of rotatable bonds is 7. The van der Waals surface area contributed by atoms with Gasteiger partial charge in [-0.15, -0.1) is 15.3 Å². The summed E-state index contributed by atoms with van der Waals surface area (Å²) in [7, 11) is 0. The van der Waals surface area contributed by atoms with Gasteiger partial charge in [0.2, 0.25) is 0 Å². The first kappa shape index (κ1) is 15.2. The second kappa shape index (κ2) is 5.83. The molecule has 0 aromatic carbocycles. The van der Waals surface area contributed by atoms with Crippen molar-refractivity contribution >= 4 is 11.5 Å². The predicted molar refractivity (Wildman–Crippen MR) is 85.9 cm³/mol. The average Bonchev–Trinajstić information content (AvgIpc) is 3.23. The van der Waals surface area contributed by atoms with E-state index in [-0.39, 0.29) is 0 Å². The zero-order valence-corrected chi connectivity index (χ0v) is 13.6. The van der Waals surface area contributed by atoms with Crippen molar-refractivity contribution in [2.75, 3.05) is 11.9 Å². The lowest BCUT2D eigenvalue weighted by Gasteiger charge is -2.24. The Balaban J connectivity index is 1.67. The fourth-order valence-corrected chi connectivity index (χ4v) is 2.46. The van der Waals surface area contributed by atoms with E-state index in [1.807, 2.05) is 23.6 Å². The molecule has 1 aliphatic carbocycles. The monoisotopic (exact) mass is 303 g/mol. The molecule has 2 heterocycles. The summed E-state index contributed by atoms with van der Waals surface area (Å²) in [6, 6.07) is 3.80. The van der Waals surface area contributed by atoms with Crippen molar-refractivity contribution in [3.8, 4) is 0 Å². The number of aliphatic hydroxyl groups is 1. The maximum Gasteiger partial charge on any atom is 0.178 e. The molecule has 6 nitrogen and oxygen atoms in total. The van der Waals surface area contributed by atoms with Crippen molar-refractivity contribution in [3.05, 3.63) is 18.0 Å². The molecule has 1 aliphatic rings. The van der Waals surface area contributed by atoms with E-state index in [1.54, 1.807) is 0 Å². The van der Waals surface area contributed by atoms with Crippen LogP contribution in [0.1, 0.15) is 58.2 Å². The van der Waals surface area contributed by atoms with Crippen LogP contribution in [0, 0.1) is 5.92 Å². The minimum Gasteiger partial charge on any atom is -0.388 e. The van der Waals surface area contributed by atoms with E-state index in [4.69, 9.17) is 0 Å². The highest BCUT2D eigenvalue weighted by atomic mass is 16.3. The Kier molecular flexibility index (Phi) is 4.04. The van der Waals surface area contributed by atoms with Crippen molar-refractivity contribution in [3.63, 3.8) is 0 Å². The predicted octanol–water partition coefficient (Wildman–Crippen LogP) is 2.60. The van der Waals surface area contributed by atoms with Gasteiger partial charge in [0.05, 0.1) is 5.60 Å². The van der Waals surface area contributed by atoms with Gasteiger partial charge in [0.1, 0.15) is 5.82 Å². The van der Waals surface area contributed by atoms with Gasteiger partial charge in [-0.25, -0.2) is 0 Å². The number of nitrogens with zero attached hydrogens (tertiary/aromatic N) is 4. The Hall–Kier alpha value is -1.69. The molecule has 22 heavy (non-hydrogen) atoms. The summed E-state index contributed by atoms with van der Waals surface area (Å²) < 4.78 is 1.82. The largest absolute Gasteiger partial charge is 0.388 e. The van der Waals surface area contributed by atoms with Crippen LogP contribution in [0.25, 0.3) is 5.65 Å². The SMILES string of the molecule is CC(C)CCC(C)(O)CNc1ccc2nnc(C3CC3)n2n1. The number of fused-ring (bicyclic) bond motifs is 1. The fourth-order valence-electron chi connectivity index (χ4n) is 2.46. The molecule has 0 bridgehead atoms. The van der Waals surface area contributed by atoms with Crippen molar-refractivity contribution in [2.24, 2.45) is 5.92 Å². The number of aromatic nitrogens is 4. The fraction of sp³-hybridized carbons (Fsp3) is 0.688. The van der Waals surface area contributed by atoms with E-state index in [0.29, 0.717) is 18.4 Å². The average molecular weight is 303 g/mol. The molecule has 0 saturated heterocycles. The summed E-state index contributed by atoms with van der Waals surface area (Å²) >= 11 is 0. The Morgan fingerprint density at radius 1 is 1.36 bits per heavy atom. The van der Waals surface area contributed by atoms with E-state index < -0.39 is 5.60 Å². The molecule has 2 N–H and O–H groups in total. The van der Waals surface area contributed by atoms with Crippen LogP contribution in [0.3, 0.4) is 0 Å². The molecule has 0 spiro atoms. The van der Waals surface area contributed by atoms with Crippen molar-refractivity contribution in [1.82, 2.24) is 19.8 Å². The first-order valence-corrected chi connectivity index (χ1v) is 8.13. The van der Waals surface area contributed by atoms with Crippen LogP contribution in [0.2, 0.25) is 0 Å². The molecule has 1 atom stereocenters. The molecule has 0 aliphatic heterocycles. The van der Waals surface area contributed by atoms with Crippen LogP contribution in [-0.4, -0.2) is 37.1 Å². The van der Waals surface area contributed by atoms with Gasteiger partial charge >= 0.3 is 0 Å². The van der Waals surface area contributed by atoms with E-state index >= 15 is 0 Å². The second-order valence-corrected chi connectivity index (χ2v) is 7.10. The van der Waals surface area contributed by atoms with Gasteiger partial charge < -0.3 is 10.4 Å². The van der Waals surface area contributed by atoms with Crippen LogP contribution in [0.4, 0.5) is 5.82 Å². The molecule has 0 radical (unpaired) electrons. The lowest BCUT2D eigenvalue weighted by atomic mass is 9.95. The van der Waals surface area contributed by atoms with E-state index in [2.05, 4.69) is 34.5 Å². The highest BCUT2D eigenvalue weighted by Gasteiger charge is 2.29. The third kappa shape index (κ3) is 3.55. The summed E-state index contributed by atoms with van der Waals surface area (Å²) in [6.07, 6.45) is 4.13. The first-order chi connectivity index (χ1) is 10.4. The van der Waals surface area contributed by atoms with Crippen LogP contribution in [0.5, 0.6) is 0 Å². The topological polar surface area (TPSA) is 75.3 Å². The summed E-state index contributed by atoms with van der Waals surface area (Å²) in [5, 5.41) is 26.6. The Morgan fingerprint density at radius 3 is 2.82 bits per heavy atom. The summed E-state index contributed by atoms with van der Waals surface area (Å²) in [4.78, 5) is 0. The Morgan fingerprint density at radius 2 is 2.14 bits per heavy atom. The standard InChI is InChI=1S/C16H25N5O/c1-11(2)8-9-16(3,22)10-17-13-6-7-14-18-19-15(12-4-5-12)21(14)20-13/h6-7,11-12,22H,4-5,8-10H2,1-3H3,(H,17,20). The number of nitrogens with one attached hydrogen (secondary N) is 1. The van der Waals surface area contributed by atoms with Gasteiger partial charge in [-0.1, -0.05) is 13.8 Å². The highest BCUT2D eigenvalue weighted by Crippen LogP contribution is 2.38. The third-order valence-corrected chi connectivity index (χ3v) is 4.14.